The van der Waals surface area contributed by atoms with Gasteiger partial charge < -0.3 is 10.1 Å². The highest BCUT2D eigenvalue weighted by Gasteiger charge is 2.10. The lowest BCUT2D eigenvalue weighted by molar-refractivity contribution is 0.102. The first-order chi connectivity index (χ1) is 15.9. The molecule has 0 spiro atoms. The van der Waals surface area contributed by atoms with E-state index < -0.39 is 0 Å². The number of amides is 1. The molecule has 4 aromatic rings. The number of carbonyl (C=O) groups is 1. The van der Waals surface area contributed by atoms with Crippen molar-refractivity contribution in [3.05, 3.63) is 117 Å². The molecule has 0 aliphatic heterocycles. The highest BCUT2D eigenvalue weighted by Crippen LogP contribution is 2.23. The Balaban J connectivity index is 1.49. The third-order valence-corrected chi connectivity index (χ3v) is 5.11. The van der Waals surface area contributed by atoms with Crippen molar-refractivity contribution >= 4 is 23.2 Å². The molecule has 0 aliphatic carbocycles. The minimum absolute atomic E-state index is 0.101. The van der Waals surface area contributed by atoms with Gasteiger partial charge in [0.2, 0.25) is 5.88 Å². The summed E-state index contributed by atoms with van der Waals surface area (Å²) in [5.74, 6) is -0.489. The Labute approximate surface area is 194 Å². The molecule has 1 N–H and O–H groups in total. The molecular formula is C25H19ClFN3O3. The highest BCUT2D eigenvalue weighted by atomic mass is 35.5. The molecule has 4 rings (SSSR count). The van der Waals surface area contributed by atoms with Crippen LogP contribution in [0.15, 0.2) is 83.7 Å². The number of carbonyl (C=O) groups excluding carboxylic acids is 1. The second kappa shape index (κ2) is 9.67. The van der Waals surface area contributed by atoms with Gasteiger partial charge in [0, 0.05) is 17.7 Å². The molecule has 1 amide bonds. The molecule has 0 fully saturated rings. The maximum Gasteiger partial charge on any atom is 0.271 e. The van der Waals surface area contributed by atoms with Gasteiger partial charge in [-0.15, -0.1) is 5.10 Å². The Morgan fingerprint density at radius 2 is 1.85 bits per heavy atom. The zero-order valence-electron chi connectivity index (χ0n) is 17.6. The van der Waals surface area contributed by atoms with Crippen molar-refractivity contribution in [2.75, 3.05) is 5.32 Å². The fourth-order valence-corrected chi connectivity index (χ4v) is 3.39. The van der Waals surface area contributed by atoms with E-state index in [1.165, 1.54) is 28.9 Å². The fourth-order valence-electron chi connectivity index (χ4n) is 3.11. The summed E-state index contributed by atoms with van der Waals surface area (Å²) in [5, 5.41) is 7.43. The molecule has 6 nitrogen and oxygen atoms in total. The summed E-state index contributed by atoms with van der Waals surface area (Å²) < 4.78 is 20.1. The first kappa shape index (κ1) is 22.2. The second-order valence-electron chi connectivity index (χ2n) is 7.32. The van der Waals surface area contributed by atoms with Crippen molar-refractivity contribution in [1.29, 1.82) is 0 Å². The Hall–Kier alpha value is -3.97. The van der Waals surface area contributed by atoms with Gasteiger partial charge in [-0.25, -0.2) is 4.39 Å². The van der Waals surface area contributed by atoms with Crippen LogP contribution < -0.4 is 15.6 Å². The van der Waals surface area contributed by atoms with Gasteiger partial charge in [-0.3, -0.25) is 9.59 Å². The number of ether oxygens (including phenoxy) is 1. The van der Waals surface area contributed by atoms with Crippen LogP contribution >= 0.6 is 11.6 Å². The number of aryl methyl sites for hydroxylation is 1. The van der Waals surface area contributed by atoms with E-state index in [0.29, 0.717) is 27.5 Å². The third-order valence-electron chi connectivity index (χ3n) is 4.80. The quantitative estimate of drug-likeness (QED) is 0.428. The normalized spacial score (nSPS) is 10.6. The largest absolute Gasteiger partial charge is 0.472 e. The van der Waals surface area contributed by atoms with Crippen LogP contribution in [0.25, 0.3) is 5.69 Å². The second-order valence-corrected chi connectivity index (χ2v) is 7.73. The van der Waals surface area contributed by atoms with Crippen LogP contribution in [0.2, 0.25) is 5.02 Å². The van der Waals surface area contributed by atoms with Crippen molar-refractivity contribution in [3.8, 4) is 11.6 Å². The van der Waals surface area contributed by atoms with Gasteiger partial charge >= 0.3 is 0 Å². The van der Waals surface area contributed by atoms with Crippen LogP contribution in [0.4, 0.5) is 10.1 Å². The standard InChI is InChI=1S/C25H19ClFN3O3/c1-16-5-10-22(21(26)13-16)28-25(32)18-6-8-20(9-7-18)30-24(31)12-11-23(29-30)33-15-17-3-2-4-19(27)14-17/h2-14H,15H2,1H3,(H,28,32). The van der Waals surface area contributed by atoms with E-state index in [-0.39, 0.29) is 29.8 Å². The molecule has 0 saturated heterocycles. The molecule has 0 radical (unpaired) electrons. The molecule has 8 heteroatoms. The maximum absolute atomic E-state index is 13.3. The first-order valence-corrected chi connectivity index (χ1v) is 10.4. The average molecular weight is 464 g/mol. The lowest BCUT2D eigenvalue weighted by Gasteiger charge is -2.10. The number of nitrogens with one attached hydrogen (secondary N) is 1. The zero-order chi connectivity index (χ0) is 23.4. The van der Waals surface area contributed by atoms with Crippen LogP contribution in [0.5, 0.6) is 5.88 Å². The molecule has 0 bridgehead atoms. The maximum atomic E-state index is 13.3. The molecule has 0 atom stereocenters. The van der Waals surface area contributed by atoms with Gasteiger partial charge in [0.1, 0.15) is 12.4 Å². The Kier molecular flexibility index (Phi) is 6.51. The smallest absolute Gasteiger partial charge is 0.271 e. The van der Waals surface area contributed by atoms with E-state index in [2.05, 4.69) is 10.4 Å². The number of anilines is 1. The first-order valence-electron chi connectivity index (χ1n) is 10.0. The van der Waals surface area contributed by atoms with E-state index >= 15 is 0 Å². The molecule has 166 valence electrons. The van der Waals surface area contributed by atoms with Gasteiger partial charge in [-0.1, -0.05) is 29.8 Å². The topological polar surface area (TPSA) is 73.2 Å². The number of benzene rings is 3. The molecule has 0 aliphatic rings. The molecular weight excluding hydrogens is 445 g/mol. The Morgan fingerprint density at radius 1 is 1.06 bits per heavy atom. The molecule has 0 saturated carbocycles. The number of hydrogen-bond donors (Lipinski definition) is 1. The molecule has 1 heterocycles. The number of halogens is 2. The summed E-state index contributed by atoms with van der Waals surface area (Å²) in [6, 6.07) is 20.6. The summed E-state index contributed by atoms with van der Waals surface area (Å²) in [7, 11) is 0. The molecule has 0 unspecified atom stereocenters. The molecule has 1 aromatic heterocycles. The van der Waals surface area contributed by atoms with Crippen LogP contribution in [-0.2, 0) is 6.61 Å². The van der Waals surface area contributed by atoms with Gasteiger partial charge in [0.05, 0.1) is 16.4 Å². The van der Waals surface area contributed by atoms with E-state index in [1.807, 2.05) is 13.0 Å². The zero-order valence-corrected chi connectivity index (χ0v) is 18.3. The average Bonchev–Trinajstić information content (AvgIpc) is 2.80. The van der Waals surface area contributed by atoms with Crippen LogP contribution in [-0.4, -0.2) is 15.7 Å². The number of nitrogens with zero attached hydrogens (tertiary/aromatic N) is 2. The SMILES string of the molecule is Cc1ccc(NC(=O)c2ccc(-n3nc(OCc4cccc(F)c4)ccc3=O)cc2)c(Cl)c1. The van der Waals surface area contributed by atoms with Crippen molar-refractivity contribution < 1.29 is 13.9 Å². The van der Waals surface area contributed by atoms with E-state index in [4.69, 9.17) is 16.3 Å². The predicted octanol–water partition coefficient (Wildman–Crippen LogP) is 5.16. The molecule has 33 heavy (non-hydrogen) atoms. The minimum atomic E-state index is -0.364. The van der Waals surface area contributed by atoms with E-state index in [0.717, 1.165) is 5.56 Å². The summed E-state index contributed by atoms with van der Waals surface area (Å²) in [6.45, 7) is 2.01. The van der Waals surface area contributed by atoms with Crippen molar-refractivity contribution in [1.82, 2.24) is 9.78 Å². The van der Waals surface area contributed by atoms with Crippen molar-refractivity contribution in [2.45, 2.75) is 13.5 Å². The lowest BCUT2D eigenvalue weighted by atomic mass is 10.1. The third kappa shape index (κ3) is 5.45. The summed E-state index contributed by atoms with van der Waals surface area (Å²) in [5.41, 5.74) is 2.62. The monoisotopic (exact) mass is 463 g/mol. The summed E-state index contributed by atoms with van der Waals surface area (Å²) >= 11 is 6.18. The predicted molar refractivity (Wildman–Crippen MR) is 125 cm³/mol. The van der Waals surface area contributed by atoms with E-state index in [1.54, 1.807) is 48.5 Å². The summed E-state index contributed by atoms with van der Waals surface area (Å²) in [6.07, 6.45) is 0. The van der Waals surface area contributed by atoms with Crippen LogP contribution in [0, 0.1) is 12.7 Å². The Bertz CT molecular complexity index is 1370. The summed E-state index contributed by atoms with van der Waals surface area (Å²) in [4.78, 5) is 24.9. The fraction of sp³-hybridized carbons (Fsp3) is 0.0800. The number of aromatic nitrogens is 2. The van der Waals surface area contributed by atoms with Gasteiger partial charge in [0.15, 0.2) is 0 Å². The van der Waals surface area contributed by atoms with Crippen molar-refractivity contribution in [3.63, 3.8) is 0 Å². The van der Waals surface area contributed by atoms with Gasteiger partial charge in [0.25, 0.3) is 11.5 Å². The van der Waals surface area contributed by atoms with Crippen LogP contribution in [0.3, 0.4) is 0 Å². The van der Waals surface area contributed by atoms with Gasteiger partial charge in [-0.2, -0.15) is 4.68 Å². The number of rotatable bonds is 6. The Morgan fingerprint density at radius 3 is 2.58 bits per heavy atom. The minimum Gasteiger partial charge on any atom is -0.472 e. The number of hydrogen-bond acceptors (Lipinski definition) is 4. The van der Waals surface area contributed by atoms with E-state index in [9.17, 15) is 14.0 Å². The van der Waals surface area contributed by atoms with Gasteiger partial charge in [-0.05, 0) is 66.6 Å². The molecule has 3 aromatic carbocycles. The lowest BCUT2D eigenvalue weighted by Crippen LogP contribution is -2.20. The van der Waals surface area contributed by atoms with Crippen LogP contribution in [0.1, 0.15) is 21.5 Å². The highest BCUT2D eigenvalue weighted by molar-refractivity contribution is 6.34. The van der Waals surface area contributed by atoms with Crippen molar-refractivity contribution in [2.24, 2.45) is 0 Å².